The minimum Gasteiger partial charge on any atom is -0.351 e. The molecule has 0 amide bonds. The fraction of sp³-hybridized carbons (Fsp3) is 0.316. The topological polar surface area (TPSA) is 55.6 Å². The van der Waals surface area contributed by atoms with Crippen LogP contribution in [0.3, 0.4) is 0 Å². The third-order valence-electron chi connectivity index (χ3n) is 4.63. The van der Waals surface area contributed by atoms with Gasteiger partial charge in [-0.3, -0.25) is 0 Å². The second-order valence-corrected chi connectivity index (χ2v) is 6.53. The molecule has 0 radical (unpaired) electrons. The number of anilines is 1. The van der Waals surface area contributed by atoms with Gasteiger partial charge in [-0.1, -0.05) is 0 Å². The average Bonchev–Trinajstić information content (AvgIpc) is 3.02. The quantitative estimate of drug-likeness (QED) is 0.697. The highest BCUT2D eigenvalue weighted by Crippen LogP contribution is 2.31. The number of alkyl halides is 2. The minimum atomic E-state index is -2.53. The summed E-state index contributed by atoms with van der Waals surface area (Å²) < 4.78 is 40.7. The van der Waals surface area contributed by atoms with E-state index in [1.165, 1.54) is 29.4 Å². The highest BCUT2D eigenvalue weighted by atomic mass is 19.3. The fourth-order valence-electron chi connectivity index (χ4n) is 3.05. The lowest BCUT2D eigenvalue weighted by molar-refractivity contribution is 0.127. The van der Waals surface area contributed by atoms with Crippen molar-refractivity contribution in [1.29, 1.82) is 0 Å². The largest absolute Gasteiger partial charge is 0.351 e. The van der Waals surface area contributed by atoms with Crippen LogP contribution in [-0.4, -0.2) is 32.0 Å². The molecule has 1 fully saturated rings. The van der Waals surface area contributed by atoms with Crippen molar-refractivity contribution in [2.24, 2.45) is 0 Å². The second kappa shape index (κ2) is 7.38. The van der Waals surface area contributed by atoms with Crippen molar-refractivity contribution < 1.29 is 13.2 Å². The normalized spacial score (nSPS) is 14.4. The molecule has 1 N–H and O–H groups in total. The third-order valence-corrected chi connectivity index (χ3v) is 4.63. The van der Waals surface area contributed by atoms with E-state index < -0.39 is 13.0 Å². The Kier molecular flexibility index (Phi) is 4.79. The SMILES string of the molecule is Fc1ccc(-c2ncn(CC(F)F)c2-c2ccnc(NC3CCC3)n2)cc1. The van der Waals surface area contributed by atoms with Crippen LogP contribution in [0.5, 0.6) is 0 Å². The summed E-state index contributed by atoms with van der Waals surface area (Å²) in [6.07, 6.45) is 3.73. The van der Waals surface area contributed by atoms with Crippen LogP contribution in [0.4, 0.5) is 19.1 Å². The average molecular weight is 373 g/mol. The number of hydrogen-bond donors (Lipinski definition) is 1. The molecule has 0 atom stereocenters. The Balaban J connectivity index is 1.76. The maximum Gasteiger partial charge on any atom is 0.256 e. The van der Waals surface area contributed by atoms with Crippen molar-refractivity contribution in [2.75, 3.05) is 5.32 Å². The standard InChI is InChI=1S/C19H18F3N5/c20-13-6-4-12(5-7-13)17-18(27(11-24-17)10-16(21)22)15-8-9-23-19(26-15)25-14-2-1-3-14/h4-9,11,14,16H,1-3,10H2,(H,23,25,26). The molecule has 8 heteroatoms. The van der Waals surface area contributed by atoms with E-state index in [9.17, 15) is 13.2 Å². The van der Waals surface area contributed by atoms with Crippen LogP contribution >= 0.6 is 0 Å². The number of imidazole rings is 1. The molecule has 3 aromatic rings. The van der Waals surface area contributed by atoms with Crippen molar-refractivity contribution in [3.05, 3.63) is 48.7 Å². The number of halogens is 3. The van der Waals surface area contributed by atoms with E-state index in [1.807, 2.05) is 0 Å². The molecule has 0 aliphatic heterocycles. The Morgan fingerprint density at radius 1 is 1.11 bits per heavy atom. The van der Waals surface area contributed by atoms with Crippen molar-refractivity contribution in [3.8, 4) is 22.6 Å². The van der Waals surface area contributed by atoms with Crippen LogP contribution in [-0.2, 0) is 6.54 Å². The van der Waals surface area contributed by atoms with Gasteiger partial charge in [-0.15, -0.1) is 0 Å². The molecule has 0 unspecified atom stereocenters. The van der Waals surface area contributed by atoms with Gasteiger partial charge >= 0.3 is 0 Å². The molecule has 2 aromatic heterocycles. The zero-order valence-corrected chi connectivity index (χ0v) is 14.4. The van der Waals surface area contributed by atoms with E-state index in [4.69, 9.17) is 0 Å². The Bertz CT molecular complexity index is 919. The lowest BCUT2D eigenvalue weighted by Gasteiger charge is -2.26. The summed E-state index contributed by atoms with van der Waals surface area (Å²) in [4.78, 5) is 13.0. The Morgan fingerprint density at radius 3 is 2.56 bits per heavy atom. The highest BCUT2D eigenvalue weighted by Gasteiger charge is 2.21. The van der Waals surface area contributed by atoms with Gasteiger partial charge in [-0.25, -0.2) is 28.1 Å². The van der Waals surface area contributed by atoms with Crippen molar-refractivity contribution >= 4 is 5.95 Å². The molecule has 5 nitrogen and oxygen atoms in total. The van der Waals surface area contributed by atoms with E-state index >= 15 is 0 Å². The number of hydrogen-bond acceptors (Lipinski definition) is 4. The van der Waals surface area contributed by atoms with E-state index in [0.29, 0.717) is 34.6 Å². The van der Waals surface area contributed by atoms with Gasteiger partial charge in [0, 0.05) is 17.8 Å². The van der Waals surface area contributed by atoms with E-state index in [0.717, 1.165) is 12.8 Å². The molecule has 27 heavy (non-hydrogen) atoms. The first-order valence-corrected chi connectivity index (χ1v) is 8.79. The van der Waals surface area contributed by atoms with Crippen LogP contribution in [0, 0.1) is 5.82 Å². The molecule has 140 valence electrons. The first-order valence-electron chi connectivity index (χ1n) is 8.79. The van der Waals surface area contributed by atoms with Gasteiger partial charge in [0.15, 0.2) is 0 Å². The lowest BCUT2D eigenvalue weighted by atomic mass is 9.93. The molecule has 4 rings (SSSR count). The van der Waals surface area contributed by atoms with Gasteiger partial charge in [0.1, 0.15) is 5.82 Å². The van der Waals surface area contributed by atoms with Crippen molar-refractivity contribution in [1.82, 2.24) is 19.5 Å². The molecular formula is C19H18F3N5. The van der Waals surface area contributed by atoms with Crippen LogP contribution in [0.1, 0.15) is 19.3 Å². The maximum absolute atomic E-state index is 13.3. The van der Waals surface area contributed by atoms with Gasteiger partial charge in [0.05, 0.1) is 30.0 Å². The molecule has 0 bridgehead atoms. The molecular weight excluding hydrogens is 355 g/mol. The van der Waals surface area contributed by atoms with Crippen LogP contribution in [0.25, 0.3) is 22.6 Å². The number of nitrogens with zero attached hydrogens (tertiary/aromatic N) is 4. The summed E-state index contributed by atoms with van der Waals surface area (Å²) >= 11 is 0. The molecule has 1 aromatic carbocycles. The van der Waals surface area contributed by atoms with E-state index in [2.05, 4.69) is 20.3 Å². The molecule has 1 aliphatic carbocycles. The van der Waals surface area contributed by atoms with E-state index in [-0.39, 0.29) is 5.82 Å². The zero-order valence-electron chi connectivity index (χ0n) is 14.4. The molecule has 2 heterocycles. The lowest BCUT2D eigenvalue weighted by Crippen LogP contribution is -2.28. The first kappa shape index (κ1) is 17.5. The zero-order chi connectivity index (χ0) is 18.8. The summed E-state index contributed by atoms with van der Waals surface area (Å²) in [6.45, 7) is -0.501. The minimum absolute atomic E-state index is 0.350. The summed E-state index contributed by atoms with van der Waals surface area (Å²) in [5, 5.41) is 3.26. The summed E-state index contributed by atoms with van der Waals surface area (Å²) in [5.41, 5.74) is 2.06. The van der Waals surface area contributed by atoms with Crippen LogP contribution in [0.2, 0.25) is 0 Å². The summed E-state index contributed by atoms with van der Waals surface area (Å²) in [7, 11) is 0. The Hall–Kier alpha value is -2.90. The van der Waals surface area contributed by atoms with E-state index in [1.54, 1.807) is 24.4 Å². The smallest absolute Gasteiger partial charge is 0.256 e. The van der Waals surface area contributed by atoms with Crippen LogP contribution in [0.15, 0.2) is 42.9 Å². The molecule has 0 saturated heterocycles. The fourth-order valence-corrected chi connectivity index (χ4v) is 3.05. The van der Waals surface area contributed by atoms with Gasteiger partial charge < -0.3 is 9.88 Å². The van der Waals surface area contributed by atoms with Crippen molar-refractivity contribution in [3.63, 3.8) is 0 Å². The molecule has 1 saturated carbocycles. The summed E-state index contributed by atoms with van der Waals surface area (Å²) in [6, 6.07) is 7.79. The van der Waals surface area contributed by atoms with Gasteiger partial charge in [0.2, 0.25) is 5.95 Å². The van der Waals surface area contributed by atoms with Gasteiger partial charge in [0.25, 0.3) is 6.43 Å². The molecule has 0 spiro atoms. The molecule has 1 aliphatic rings. The second-order valence-electron chi connectivity index (χ2n) is 6.53. The predicted octanol–water partition coefficient (Wildman–Crippen LogP) is 4.38. The Morgan fingerprint density at radius 2 is 1.89 bits per heavy atom. The van der Waals surface area contributed by atoms with Crippen molar-refractivity contribution in [2.45, 2.75) is 38.3 Å². The Labute approximate surface area is 154 Å². The number of benzene rings is 1. The number of aromatic nitrogens is 4. The first-order chi connectivity index (χ1) is 13.1. The predicted molar refractivity (Wildman–Crippen MR) is 95.9 cm³/mol. The van der Waals surface area contributed by atoms with Gasteiger partial charge in [-0.05, 0) is 49.6 Å². The highest BCUT2D eigenvalue weighted by molar-refractivity contribution is 5.77. The van der Waals surface area contributed by atoms with Gasteiger partial charge in [-0.2, -0.15) is 0 Å². The van der Waals surface area contributed by atoms with Crippen LogP contribution < -0.4 is 5.32 Å². The third kappa shape index (κ3) is 3.79. The maximum atomic E-state index is 13.3. The summed E-state index contributed by atoms with van der Waals surface area (Å²) in [5.74, 6) is 0.0911. The number of rotatable bonds is 6. The number of nitrogens with one attached hydrogen (secondary N) is 1. The monoisotopic (exact) mass is 373 g/mol.